The van der Waals surface area contributed by atoms with E-state index >= 15 is 0 Å². The zero-order chi connectivity index (χ0) is 14.4. The predicted molar refractivity (Wildman–Crippen MR) is 82.4 cm³/mol. The van der Waals surface area contributed by atoms with E-state index in [-0.39, 0.29) is 6.04 Å². The van der Waals surface area contributed by atoms with Gasteiger partial charge in [-0.1, -0.05) is 30.5 Å². The molecule has 5 heteroatoms. The second-order valence-electron chi connectivity index (χ2n) is 4.43. The summed E-state index contributed by atoms with van der Waals surface area (Å²) in [5, 5.41) is 7.74. The van der Waals surface area contributed by atoms with E-state index in [2.05, 4.69) is 40.9 Å². The first kappa shape index (κ1) is 14.9. The zero-order valence-electron chi connectivity index (χ0n) is 12.2. The van der Waals surface area contributed by atoms with E-state index in [0.717, 1.165) is 24.4 Å². The van der Waals surface area contributed by atoms with Crippen molar-refractivity contribution in [2.24, 2.45) is 0 Å². The lowest BCUT2D eigenvalue weighted by Gasteiger charge is -2.18. The number of ether oxygens (including phenoxy) is 1. The molecule has 1 atom stereocenters. The van der Waals surface area contributed by atoms with Crippen LogP contribution in [0.5, 0.6) is 5.75 Å². The summed E-state index contributed by atoms with van der Waals surface area (Å²) in [5.74, 6) is 0.906. The van der Waals surface area contributed by atoms with Crippen LogP contribution in [0.4, 0.5) is 0 Å². The standard InChI is InChI=1S/C15H21N3OS/c1-4-13-15(20-18-17-13)14(16-5-2)11-8-7-9-12(10-11)19-6-3/h7-10,14,16H,4-6H2,1-3H3. The monoisotopic (exact) mass is 291 g/mol. The number of nitrogens with zero attached hydrogens (tertiary/aromatic N) is 2. The summed E-state index contributed by atoms with van der Waals surface area (Å²) in [6.07, 6.45) is 0.902. The molecule has 20 heavy (non-hydrogen) atoms. The van der Waals surface area contributed by atoms with Gasteiger partial charge in [0.05, 0.1) is 23.2 Å². The van der Waals surface area contributed by atoms with Crippen molar-refractivity contribution in [3.63, 3.8) is 0 Å². The number of hydrogen-bond donors (Lipinski definition) is 1. The summed E-state index contributed by atoms with van der Waals surface area (Å²) in [5.41, 5.74) is 2.27. The molecule has 0 aliphatic rings. The molecule has 4 nitrogen and oxygen atoms in total. The maximum absolute atomic E-state index is 5.59. The average molecular weight is 291 g/mol. The largest absolute Gasteiger partial charge is 0.494 e. The van der Waals surface area contributed by atoms with Crippen molar-refractivity contribution in [2.75, 3.05) is 13.2 Å². The van der Waals surface area contributed by atoms with Crippen LogP contribution in [-0.4, -0.2) is 22.7 Å². The molecule has 0 radical (unpaired) electrons. The molecule has 2 aromatic rings. The molecular formula is C15H21N3OS. The smallest absolute Gasteiger partial charge is 0.119 e. The Morgan fingerprint density at radius 2 is 2.15 bits per heavy atom. The van der Waals surface area contributed by atoms with Crippen molar-refractivity contribution >= 4 is 11.5 Å². The van der Waals surface area contributed by atoms with Gasteiger partial charge in [0.1, 0.15) is 5.75 Å². The predicted octanol–water partition coefficient (Wildman–Crippen LogP) is 3.20. The summed E-state index contributed by atoms with van der Waals surface area (Å²) in [4.78, 5) is 1.20. The fourth-order valence-corrected chi connectivity index (χ4v) is 3.04. The van der Waals surface area contributed by atoms with Gasteiger partial charge in [-0.2, -0.15) is 0 Å². The van der Waals surface area contributed by atoms with Gasteiger partial charge in [0.25, 0.3) is 0 Å². The van der Waals surface area contributed by atoms with Gasteiger partial charge in [0.2, 0.25) is 0 Å². The van der Waals surface area contributed by atoms with Gasteiger partial charge in [-0.05, 0) is 49.1 Å². The normalized spacial score (nSPS) is 12.3. The highest BCUT2D eigenvalue weighted by molar-refractivity contribution is 7.05. The minimum Gasteiger partial charge on any atom is -0.494 e. The quantitative estimate of drug-likeness (QED) is 0.851. The maximum Gasteiger partial charge on any atom is 0.119 e. The fourth-order valence-electron chi connectivity index (χ4n) is 2.20. The van der Waals surface area contributed by atoms with Gasteiger partial charge in [-0.15, -0.1) is 5.10 Å². The number of aryl methyl sites for hydroxylation is 1. The molecule has 0 spiro atoms. The van der Waals surface area contributed by atoms with Gasteiger partial charge in [-0.25, -0.2) is 0 Å². The molecule has 0 bridgehead atoms. The van der Waals surface area contributed by atoms with Crippen LogP contribution in [-0.2, 0) is 6.42 Å². The molecule has 1 N–H and O–H groups in total. The van der Waals surface area contributed by atoms with Gasteiger partial charge in [0, 0.05) is 0 Å². The van der Waals surface area contributed by atoms with E-state index in [4.69, 9.17) is 4.74 Å². The molecule has 2 rings (SSSR count). The van der Waals surface area contributed by atoms with Crippen molar-refractivity contribution in [3.8, 4) is 5.75 Å². The number of benzene rings is 1. The summed E-state index contributed by atoms with van der Waals surface area (Å²) in [6, 6.07) is 8.37. The van der Waals surface area contributed by atoms with Crippen molar-refractivity contribution in [1.82, 2.24) is 14.9 Å². The molecular weight excluding hydrogens is 270 g/mol. The van der Waals surface area contributed by atoms with Crippen molar-refractivity contribution in [2.45, 2.75) is 33.2 Å². The molecule has 0 saturated carbocycles. The van der Waals surface area contributed by atoms with Crippen LogP contribution in [0.15, 0.2) is 24.3 Å². The maximum atomic E-state index is 5.59. The summed E-state index contributed by atoms with van der Waals surface area (Å²) in [6.45, 7) is 7.79. The van der Waals surface area contributed by atoms with Crippen LogP contribution in [0.1, 0.15) is 42.9 Å². The van der Waals surface area contributed by atoms with Gasteiger partial charge in [0.15, 0.2) is 0 Å². The van der Waals surface area contributed by atoms with Crippen LogP contribution in [0.2, 0.25) is 0 Å². The van der Waals surface area contributed by atoms with E-state index in [1.807, 2.05) is 19.1 Å². The lowest BCUT2D eigenvalue weighted by atomic mass is 10.0. The van der Waals surface area contributed by atoms with Crippen LogP contribution in [0.3, 0.4) is 0 Å². The number of aromatic nitrogens is 2. The third kappa shape index (κ3) is 3.35. The molecule has 0 aliphatic carbocycles. The Bertz CT molecular complexity index is 541. The van der Waals surface area contributed by atoms with Gasteiger partial charge in [-0.3, -0.25) is 0 Å². The molecule has 0 aliphatic heterocycles. The number of nitrogens with one attached hydrogen (secondary N) is 1. The summed E-state index contributed by atoms with van der Waals surface area (Å²) < 4.78 is 9.69. The molecule has 1 aromatic heterocycles. The first-order chi connectivity index (χ1) is 9.80. The Labute approximate surface area is 124 Å². The van der Waals surface area contributed by atoms with Crippen LogP contribution in [0.25, 0.3) is 0 Å². The number of rotatable bonds is 7. The Balaban J connectivity index is 2.35. The van der Waals surface area contributed by atoms with E-state index in [9.17, 15) is 0 Å². The minimum atomic E-state index is 0.135. The van der Waals surface area contributed by atoms with Crippen LogP contribution in [0, 0.1) is 0 Å². The number of hydrogen-bond acceptors (Lipinski definition) is 5. The Morgan fingerprint density at radius 1 is 1.30 bits per heavy atom. The lowest BCUT2D eigenvalue weighted by Crippen LogP contribution is -2.22. The van der Waals surface area contributed by atoms with E-state index in [1.165, 1.54) is 22.0 Å². The first-order valence-corrected chi connectivity index (χ1v) is 7.84. The Morgan fingerprint density at radius 3 is 2.85 bits per heavy atom. The third-order valence-corrected chi connectivity index (χ3v) is 3.92. The lowest BCUT2D eigenvalue weighted by molar-refractivity contribution is 0.339. The SMILES string of the molecule is CCNC(c1cccc(OCC)c1)c1snnc1CC. The average Bonchev–Trinajstić information content (AvgIpc) is 2.93. The summed E-state index contributed by atoms with van der Waals surface area (Å²) >= 11 is 1.47. The second-order valence-corrected chi connectivity index (χ2v) is 5.22. The molecule has 108 valence electrons. The Kier molecular flexibility index (Phi) is 5.49. The first-order valence-electron chi connectivity index (χ1n) is 7.07. The molecule has 1 heterocycles. The van der Waals surface area contributed by atoms with Crippen molar-refractivity contribution in [3.05, 3.63) is 40.4 Å². The van der Waals surface area contributed by atoms with E-state index < -0.39 is 0 Å². The van der Waals surface area contributed by atoms with Crippen molar-refractivity contribution < 1.29 is 4.74 Å². The van der Waals surface area contributed by atoms with Gasteiger partial charge < -0.3 is 10.1 Å². The second kappa shape index (κ2) is 7.36. The van der Waals surface area contributed by atoms with E-state index in [0.29, 0.717) is 6.61 Å². The van der Waals surface area contributed by atoms with Gasteiger partial charge >= 0.3 is 0 Å². The minimum absolute atomic E-state index is 0.135. The van der Waals surface area contributed by atoms with Crippen molar-refractivity contribution in [1.29, 1.82) is 0 Å². The summed E-state index contributed by atoms with van der Waals surface area (Å²) in [7, 11) is 0. The zero-order valence-corrected chi connectivity index (χ0v) is 13.0. The molecule has 1 aromatic carbocycles. The highest BCUT2D eigenvalue weighted by Gasteiger charge is 2.20. The highest BCUT2D eigenvalue weighted by atomic mass is 32.1. The van der Waals surface area contributed by atoms with E-state index in [1.54, 1.807) is 0 Å². The Hall–Kier alpha value is -1.46. The molecule has 0 amide bonds. The molecule has 1 unspecified atom stereocenters. The third-order valence-electron chi connectivity index (χ3n) is 3.09. The molecule has 0 saturated heterocycles. The van der Waals surface area contributed by atoms with Crippen LogP contribution < -0.4 is 10.1 Å². The topological polar surface area (TPSA) is 47.0 Å². The highest BCUT2D eigenvalue weighted by Crippen LogP contribution is 2.29. The van der Waals surface area contributed by atoms with Crippen LogP contribution >= 0.6 is 11.5 Å². The fraction of sp³-hybridized carbons (Fsp3) is 0.467. The molecule has 0 fully saturated rings.